The van der Waals surface area contributed by atoms with Crippen LogP contribution in [0.15, 0.2) is 0 Å². The third-order valence-electron chi connectivity index (χ3n) is 3.27. The average Bonchev–Trinajstić information content (AvgIpc) is 2.36. The lowest BCUT2D eigenvalue weighted by molar-refractivity contribution is -0.125. The second kappa shape index (κ2) is 1.74. The van der Waals surface area contributed by atoms with Crippen molar-refractivity contribution in [3.63, 3.8) is 0 Å². The first kappa shape index (κ1) is 6.20. The van der Waals surface area contributed by atoms with Gasteiger partial charge < -0.3 is 5.32 Å². The van der Waals surface area contributed by atoms with Crippen molar-refractivity contribution in [2.75, 3.05) is 0 Å². The molecule has 2 aliphatic rings. The molecular weight excluding hydrogens is 126 g/mol. The van der Waals surface area contributed by atoms with Crippen molar-refractivity contribution >= 4 is 5.91 Å². The molecule has 56 valence electrons. The maximum absolute atomic E-state index is 11.1. The van der Waals surface area contributed by atoms with E-state index in [1.54, 1.807) is 0 Å². The molecule has 10 heavy (non-hydrogen) atoms. The minimum atomic E-state index is 0.288. The summed E-state index contributed by atoms with van der Waals surface area (Å²) in [6, 6.07) is 0.493. The predicted molar refractivity (Wildman–Crippen MR) is 38.4 cm³/mol. The van der Waals surface area contributed by atoms with Gasteiger partial charge in [0, 0.05) is 12.0 Å². The Bertz CT molecular complexity index is 176. The molecule has 1 aliphatic carbocycles. The number of nitrogens with one attached hydrogen (secondary N) is 1. The molecule has 0 aromatic rings. The Morgan fingerprint density at radius 3 is 2.50 bits per heavy atom. The Kier molecular flexibility index (Phi) is 1.08. The van der Waals surface area contributed by atoms with E-state index in [-0.39, 0.29) is 5.91 Å². The molecule has 2 fully saturated rings. The standard InChI is InChI=1S/C8H13NO/c1-4-5(2)7-3-6(4)8(10)9-7/h4-7H,3H2,1-2H3,(H,9,10). The topological polar surface area (TPSA) is 29.1 Å². The van der Waals surface area contributed by atoms with Gasteiger partial charge in [-0.2, -0.15) is 0 Å². The SMILES string of the molecule is CC1C2CC(C(=O)N2)C1C. The normalized spacial score (nSPS) is 51.6. The van der Waals surface area contributed by atoms with Crippen molar-refractivity contribution in [2.24, 2.45) is 17.8 Å². The first-order chi connectivity index (χ1) is 4.70. The van der Waals surface area contributed by atoms with Gasteiger partial charge in [-0.05, 0) is 18.3 Å². The van der Waals surface area contributed by atoms with Crippen LogP contribution in [0.25, 0.3) is 0 Å². The Labute approximate surface area is 61.0 Å². The lowest BCUT2D eigenvalue weighted by Crippen LogP contribution is -2.40. The fraction of sp³-hybridized carbons (Fsp3) is 0.875. The molecule has 2 rings (SSSR count). The zero-order valence-electron chi connectivity index (χ0n) is 6.42. The summed E-state index contributed by atoms with van der Waals surface area (Å²) in [6.07, 6.45) is 1.08. The molecule has 1 saturated carbocycles. The number of fused-ring (bicyclic) bond motifs is 2. The summed E-state index contributed by atoms with van der Waals surface area (Å²) < 4.78 is 0. The number of piperidine rings is 1. The molecule has 0 radical (unpaired) electrons. The van der Waals surface area contributed by atoms with Gasteiger partial charge in [0.05, 0.1) is 0 Å². The van der Waals surface area contributed by atoms with E-state index >= 15 is 0 Å². The number of amides is 1. The molecular formula is C8H13NO. The summed E-state index contributed by atoms with van der Waals surface area (Å²) in [5.41, 5.74) is 0. The molecule has 2 heteroatoms. The lowest BCUT2D eigenvalue weighted by atomic mass is 9.89. The smallest absolute Gasteiger partial charge is 0.223 e. The number of carbonyl (C=O) groups excluding carboxylic acids is 1. The van der Waals surface area contributed by atoms with Crippen LogP contribution < -0.4 is 5.32 Å². The fourth-order valence-corrected chi connectivity index (χ4v) is 2.26. The van der Waals surface area contributed by atoms with Gasteiger partial charge >= 0.3 is 0 Å². The Balaban J connectivity index is 2.24. The second-order valence-corrected chi connectivity index (χ2v) is 3.68. The Morgan fingerprint density at radius 1 is 1.40 bits per heavy atom. The van der Waals surface area contributed by atoms with Crippen molar-refractivity contribution in [3.8, 4) is 0 Å². The largest absolute Gasteiger partial charge is 0.353 e. The molecule has 0 aromatic carbocycles. The highest BCUT2D eigenvalue weighted by atomic mass is 16.2. The summed E-state index contributed by atoms with van der Waals surface area (Å²) in [4.78, 5) is 11.1. The van der Waals surface area contributed by atoms with E-state index < -0.39 is 0 Å². The third-order valence-corrected chi connectivity index (χ3v) is 3.27. The molecule has 1 N–H and O–H groups in total. The van der Waals surface area contributed by atoms with E-state index in [0.29, 0.717) is 23.8 Å². The molecule has 2 bridgehead atoms. The first-order valence-corrected chi connectivity index (χ1v) is 4.00. The fourth-order valence-electron chi connectivity index (χ4n) is 2.26. The molecule has 1 aliphatic heterocycles. The van der Waals surface area contributed by atoms with Gasteiger partial charge in [-0.15, -0.1) is 0 Å². The van der Waals surface area contributed by atoms with Crippen LogP contribution in [0.5, 0.6) is 0 Å². The van der Waals surface area contributed by atoms with Crippen LogP contribution >= 0.6 is 0 Å². The highest BCUT2D eigenvalue weighted by molar-refractivity contribution is 5.82. The monoisotopic (exact) mass is 139 g/mol. The Hall–Kier alpha value is -0.530. The highest BCUT2D eigenvalue weighted by Crippen LogP contribution is 2.41. The molecule has 0 aromatic heterocycles. The van der Waals surface area contributed by atoms with Crippen LogP contribution in [-0.2, 0) is 4.79 Å². The quantitative estimate of drug-likeness (QED) is 0.528. The van der Waals surface area contributed by atoms with Crippen LogP contribution in [0.3, 0.4) is 0 Å². The number of hydrogen-bond acceptors (Lipinski definition) is 1. The highest BCUT2D eigenvalue weighted by Gasteiger charge is 2.47. The van der Waals surface area contributed by atoms with E-state index in [0.717, 1.165) is 6.42 Å². The predicted octanol–water partition coefficient (Wildman–Crippen LogP) is 0.777. The molecule has 1 saturated heterocycles. The first-order valence-electron chi connectivity index (χ1n) is 4.00. The van der Waals surface area contributed by atoms with E-state index in [1.165, 1.54) is 0 Å². The molecule has 0 spiro atoms. The second-order valence-electron chi connectivity index (χ2n) is 3.68. The summed E-state index contributed by atoms with van der Waals surface area (Å²) in [5.74, 6) is 1.93. The van der Waals surface area contributed by atoms with Crippen molar-refractivity contribution < 1.29 is 4.79 Å². The Morgan fingerprint density at radius 2 is 2.10 bits per heavy atom. The molecule has 1 amide bonds. The molecule has 2 nitrogen and oxygen atoms in total. The van der Waals surface area contributed by atoms with Gasteiger partial charge in [-0.1, -0.05) is 13.8 Å². The van der Waals surface area contributed by atoms with Gasteiger partial charge in [0.2, 0.25) is 5.91 Å². The molecule has 4 unspecified atom stereocenters. The van der Waals surface area contributed by atoms with Crippen molar-refractivity contribution in [2.45, 2.75) is 26.3 Å². The summed E-state index contributed by atoms with van der Waals surface area (Å²) >= 11 is 0. The molecule has 1 heterocycles. The van der Waals surface area contributed by atoms with Gasteiger partial charge in [0.1, 0.15) is 0 Å². The van der Waals surface area contributed by atoms with E-state index in [4.69, 9.17) is 0 Å². The zero-order chi connectivity index (χ0) is 7.30. The average molecular weight is 139 g/mol. The third kappa shape index (κ3) is 0.568. The van der Waals surface area contributed by atoms with Gasteiger partial charge in [-0.3, -0.25) is 4.79 Å². The van der Waals surface area contributed by atoms with Crippen LogP contribution in [0.4, 0.5) is 0 Å². The van der Waals surface area contributed by atoms with Crippen LogP contribution in [0, 0.1) is 17.8 Å². The number of rotatable bonds is 0. The molecule has 4 atom stereocenters. The van der Waals surface area contributed by atoms with Crippen LogP contribution in [0.1, 0.15) is 20.3 Å². The summed E-state index contributed by atoms with van der Waals surface area (Å²) in [6.45, 7) is 4.42. The number of carbonyl (C=O) groups is 1. The van der Waals surface area contributed by atoms with Gasteiger partial charge in [0.15, 0.2) is 0 Å². The minimum absolute atomic E-state index is 0.288. The lowest BCUT2D eigenvalue weighted by Gasteiger charge is -2.24. The van der Waals surface area contributed by atoms with Gasteiger partial charge in [0.25, 0.3) is 0 Å². The van der Waals surface area contributed by atoms with E-state index in [9.17, 15) is 4.79 Å². The zero-order valence-corrected chi connectivity index (χ0v) is 6.42. The minimum Gasteiger partial charge on any atom is -0.353 e. The van der Waals surface area contributed by atoms with E-state index in [2.05, 4.69) is 19.2 Å². The maximum atomic E-state index is 11.1. The summed E-state index contributed by atoms with van der Waals surface area (Å²) in [5, 5.41) is 2.99. The summed E-state index contributed by atoms with van der Waals surface area (Å²) in [7, 11) is 0. The van der Waals surface area contributed by atoms with Crippen molar-refractivity contribution in [1.29, 1.82) is 0 Å². The maximum Gasteiger partial charge on any atom is 0.223 e. The number of hydrogen-bond donors (Lipinski definition) is 1. The van der Waals surface area contributed by atoms with E-state index in [1.807, 2.05) is 0 Å². The van der Waals surface area contributed by atoms with Crippen LogP contribution in [0.2, 0.25) is 0 Å². The van der Waals surface area contributed by atoms with Gasteiger partial charge in [-0.25, -0.2) is 0 Å². The van der Waals surface area contributed by atoms with Crippen molar-refractivity contribution in [1.82, 2.24) is 5.32 Å². The van der Waals surface area contributed by atoms with Crippen molar-refractivity contribution in [3.05, 3.63) is 0 Å². The van der Waals surface area contributed by atoms with Crippen LogP contribution in [-0.4, -0.2) is 11.9 Å².